The predicted molar refractivity (Wildman–Crippen MR) is 86.1 cm³/mol. The Balaban J connectivity index is 1.83. The van der Waals surface area contributed by atoms with Gasteiger partial charge in [0.1, 0.15) is 11.1 Å². The minimum absolute atomic E-state index is 0.0328. The summed E-state index contributed by atoms with van der Waals surface area (Å²) >= 11 is 4.54. The first kappa shape index (κ1) is 15.9. The van der Waals surface area contributed by atoms with Crippen molar-refractivity contribution in [2.24, 2.45) is 0 Å². The molecule has 1 aromatic heterocycles. The third kappa shape index (κ3) is 2.55. The van der Waals surface area contributed by atoms with Crippen molar-refractivity contribution in [1.29, 1.82) is 0 Å². The molecule has 22 heavy (non-hydrogen) atoms. The molecule has 0 bridgehead atoms. The van der Waals surface area contributed by atoms with Crippen LogP contribution < -0.4 is 0 Å². The van der Waals surface area contributed by atoms with Crippen LogP contribution in [0.5, 0.6) is 0 Å². The minimum Gasteiger partial charge on any atom is -0.477 e. The van der Waals surface area contributed by atoms with Gasteiger partial charge >= 0.3 is 5.97 Å². The maximum atomic E-state index is 11.7. The van der Waals surface area contributed by atoms with E-state index in [0.29, 0.717) is 17.1 Å². The van der Waals surface area contributed by atoms with E-state index in [-0.39, 0.29) is 5.70 Å². The number of carboxylic acid groups (broad SMARTS) is 1. The molecule has 0 unspecified atom stereocenters. The first-order valence-electron chi connectivity index (χ1n) is 6.55. The van der Waals surface area contributed by atoms with E-state index in [1.54, 1.807) is 23.1 Å². The number of aliphatic hydroxyl groups excluding tert-OH is 1. The van der Waals surface area contributed by atoms with Gasteiger partial charge in [0.2, 0.25) is 0 Å². The summed E-state index contributed by atoms with van der Waals surface area (Å²) in [6.45, 7) is 3.87. The average molecular weight is 358 g/mol. The fourth-order valence-corrected chi connectivity index (χ4v) is 6.05. The number of nitrogens with zero attached hydrogens (tertiary/aromatic N) is 2. The van der Waals surface area contributed by atoms with E-state index in [4.69, 9.17) is 0 Å². The molecule has 1 saturated heterocycles. The Bertz CT molecular complexity index is 685. The van der Waals surface area contributed by atoms with Crippen molar-refractivity contribution in [3.8, 4) is 0 Å². The molecule has 9 heteroatoms. The van der Waals surface area contributed by atoms with Crippen LogP contribution in [0.2, 0.25) is 0 Å². The number of aryl methyl sites for hydroxylation is 2. The Morgan fingerprint density at radius 3 is 2.82 bits per heavy atom. The number of carbonyl (C=O) groups excluding carboxylic acids is 1. The van der Waals surface area contributed by atoms with E-state index in [1.165, 1.54) is 16.7 Å². The molecule has 0 saturated carbocycles. The summed E-state index contributed by atoms with van der Waals surface area (Å²) in [5, 5.41) is 19.6. The van der Waals surface area contributed by atoms with Gasteiger partial charge in [-0.3, -0.25) is 9.69 Å². The summed E-state index contributed by atoms with van der Waals surface area (Å²) in [7, 11) is 0. The second-order valence-corrected chi connectivity index (χ2v) is 8.56. The Morgan fingerprint density at radius 1 is 1.50 bits per heavy atom. The van der Waals surface area contributed by atoms with Crippen molar-refractivity contribution in [3.63, 3.8) is 0 Å². The number of hydrogen-bond acceptors (Lipinski definition) is 7. The normalized spacial score (nSPS) is 24.3. The van der Waals surface area contributed by atoms with Gasteiger partial charge in [-0.05, 0) is 19.4 Å². The van der Waals surface area contributed by atoms with Crippen molar-refractivity contribution >= 4 is 46.7 Å². The molecule has 1 aromatic rings. The van der Waals surface area contributed by atoms with Crippen LogP contribution in [-0.4, -0.2) is 55.0 Å². The second kappa shape index (κ2) is 5.88. The van der Waals surface area contributed by atoms with Crippen LogP contribution in [0.4, 0.5) is 0 Å². The van der Waals surface area contributed by atoms with E-state index in [0.717, 1.165) is 14.9 Å². The number of aromatic nitrogens is 1. The molecule has 118 valence electrons. The highest BCUT2D eigenvalue weighted by Gasteiger charge is 2.52. The van der Waals surface area contributed by atoms with Crippen LogP contribution in [-0.2, 0) is 9.59 Å². The molecule has 0 radical (unpaired) electrons. The summed E-state index contributed by atoms with van der Waals surface area (Å²) < 4.78 is 1.07. The summed E-state index contributed by atoms with van der Waals surface area (Å²) in [4.78, 5) is 28.8. The summed E-state index contributed by atoms with van der Waals surface area (Å²) in [5.41, 5.74) is 1.69. The van der Waals surface area contributed by atoms with Gasteiger partial charge in [-0.1, -0.05) is 0 Å². The fourth-order valence-electron chi connectivity index (χ4n) is 2.44. The third-order valence-electron chi connectivity index (χ3n) is 3.46. The number of carboxylic acids is 1. The zero-order valence-electron chi connectivity index (χ0n) is 11.9. The predicted octanol–water partition coefficient (Wildman–Crippen LogP) is 1.47. The van der Waals surface area contributed by atoms with Crippen LogP contribution in [0.25, 0.3) is 0 Å². The minimum atomic E-state index is -1.11. The Kier molecular flexibility index (Phi) is 4.23. The van der Waals surface area contributed by atoms with Gasteiger partial charge in [0.05, 0.1) is 14.9 Å². The molecule has 3 heterocycles. The van der Waals surface area contributed by atoms with Crippen LogP contribution in [0.15, 0.2) is 15.5 Å². The topological polar surface area (TPSA) is 90.7 Å². The molecule has 2 aliphatic heterocycles. The molecule has 3 rings (SSSR count). The quantitative estimate of drug-likeness (QED) is 0.622. The number of carbonyl (C=O) groups is 2. The van der Waals surface area contributed by atoms with Crippen LogP contribution in [0.3, 0.4) is 0 Å². The van der Waals surface area contributed by atoms with Crippen molar-refractivity contribution in [2.45, 2.75) is 29.5 Å². The second-order valence-electron chi connectivity index (χ2n) is 5.01. The molecular formula is C13H14N2O4S3. The number of thiazole rings is 1. The molecule has 0 aromatic carbocycles. The number of thioether (sulfide) groups is 2. The number of rotatable bonds is 4. The van der Waals surface area contributed by atoms with Crippen LogP contribution >= 0.6 is 34.9 Å². The fraction of sp³-hybridized carbons (Fsp3) is 0.462. The Labute approximate surface area is 139 Å². The van der Waals surface area contributed by atoms with Crippen molar-refractivity contribution in [3.05, 3.63) is 22.0 Å². The lowest BCUT2D eigenvalue weighted by Crippen LogP contribution is -2.64. The molecule has 0 spiro atoms. The molecule has 2 aliphatic rings. The van der Waals surface area contributed by atoms with E-state index in [1.807, 2.05) is 13.8 Å². The lowest BCUT2D eigenvalue weighted by Gasteiger charge is -2.47. The van der Waals surface area contributed by atoms with Crippen LogP contribution in [0.1, 0.15) is 10.7 Å². The van der Waals surface area contributed by atoms with Gasteiger partial charge in [0.15, 0.2) is 6.10 Å². The van der Waals surface area contributed by atoms with Crippen molar-refractivity contribution < 1.29 is 19.8 Å². The van der Waals surface area contributed by atoms with Gasteiger partial charge < -0.3 is 10.2 Å². The Morgan fingerprint density at radius 2 is 2.23 bits per heavy atom. The summed E-state index contributed by atoms with van der Waals surface area (Å²) in [6, 6.07) is 0. The number of fused-ring (bicyclic) bond motifs is 1. The number of β-lactam (4-membered cyclic amide) rings is 1. The highest BCUT2D eigenvalue weighted by Crippen LogP contribution is 2.42. The van der Waals surface area contributed by atoms with Gasteiger partial charge in [-0.25, -0.2) is 9.78 Å². The van der Waals surface area contributed by atoms with Crippen LogP contribution in [0, 0.1) is 13.8 Å². The monoisotopic (exact) mass is 358 g/mol. The zero-order valence-corrected chi connectivity index (χ0v) is 14.3. The average Bonchev–Trinajstić information content (AvgIpc) is 2.80. The van der Waals surface area contributed by atoms with E-state index in [9.17, 15) is 19.8 Å². The maximum Gasteiger partial charge on any atom is 0.352 e. The maximum absolute atomic E-state index is 11.7. The number of hydrogen-bond donors (Lipinski definition) is 2. The van der Waals surface area contributed by atoms with E-state index < -0.39 is 23.4 Å². The number of amides is 1. The first-order valence-corrected chi connectivity index (χ1v) is 9.40. The molecule has 0 aliphatic carbocycles. The molecule has 6 nitrogen and oxygen atoms in total. The lowest BCUT2D eigenvalue weighted by molar-refractivity contribution is -0.159. The third-order valence-corrected chi connectivity index (χ3v) is 7.31. The smallest absolute Gasteiger partial charge is 0.352 e. The van der Waals surface area contributed by atoms with E-state index in [2.05, 4.69) is 4.98 Å². The SMILES string of the molecule is Cc1nc(C)c(SCC2=C(C(=O)O)N3C(=O)[C@@H](O)[C@H]3SC2)s1. The molecule has 2 N–H and O–H groups in total. The molecule has 2 atom stereocenters. The largest absolute Gasteiger partial charge is 0.477 e. The zero-order chi connectivity index (χ0) is 16.0. The number of aliphatic hydroxyl groups is 1. The van der Waals surface area contributed by atoms with Gasteiger partial charge in [-0.2, -0.15) is 0 Å². The van der Waals surface area contributed by atoms with Gasteiger partial charge in [-0.15, -0.1) is 34.9 Å². The molecule has 1 fully saturated rings. The van der Waals surface area contributed by atoms with E-state index >= 15 is 0 Å². The highest BCUT2D eigenvalue weighted by atomic mass is 32.2. The number of aliphatic carboxylic acids is 1. The summed E-state index contributed by atoms with van der Waals surface area (Å²) in [5.74, 6) is -0.624. The van der Waals surface area contributed by atoms with Crippen molar-refractivity contribution in [1.82, 2.24) is 9.88 Å². The molecular weight excluding hydrogens is 344 g/mol. The van der Waals surface area contributed by atoms with Crippen molar-refractivity contribution in [2.75, 3.05) is 11.5 Å². The van der Waals surface area contributed by atoms with Gasteiger partial charge in [0.25, 0.3) is 5.91 Å². The summed E-state index contributed by atoms with van der Waals surface area (Å²) in [6.07, 6.45) is -1.08. The standard InChI is InChI=1S/C13H14N2O4S3/c1-5-13(22-6(2)14-5)21-4-7-3-20-11-9(16)10(17)15(11)8(7)12(18)19/h9,11,16H,3-4H2,1-2H3,(H,18,19)/t9-,11-/m1/s1. The first-order chi connectivity index (χ1) is 10.4. The Hall–Kier alpha value is -1.03. The van der Waals surface area contributed by atoms with Gasteiger partial charge in [0, 0.05) is 11.5 Å². The molecule has 1 amide bonds. The lowest BCUT2D eigenvalue weighted by atomic mass is 10.1. The highest BCUT2D eigenvalue weighted by molar-refractivity contribution is 8.02.